The van der Waals surface area contributed by atoms with Crippen molar-refractivity contribution in [3.8, 4) is 0 Å². The molecule has 7 unspecified atom stereocenters. The average molecular weight is 494 g/mol. The summed E-state index contributed by atoms with van der Waals surface area (Å²) in [6.45, 7) is 18.1. The predicted molar refractivity (Wildman–Crippen MR) is 158 cm³/mol. The molecule has 0 aromatic carbocycles. The lowest BCUT2D eigenvalue weighted by Gasteiger charge is -2.58. The van der Waals surface area contributed by atoms with Gasteiger partial charge in [0.1, 0.15) is 0 Å². The maximum atomic E-state index is 3.36. The first-order valence-corrected chi connectivity index (χ1v) is 15.8. The van der Waals surface area contributed by atoms with Crippen LogP contribution in [0, 0.1) is 40.4 Å². The Morgan fingerprint density at radius 3 is 2.32 bits per heavy atom. The molecule has 0 radical (unpaired) electrons. The lowest BCUT2D eigenvalue weighted by atomic mass is 9.47. The molecule has 7 atom stereocenters. The van der Waals surface area contributed by atoms with Gasteiger partial charge in [0.15, 0.2) is 0 Å². The third kappa shape index (κ3) is 6.67. The predicted octanol–water partition coefficient (Wildman–Crippen LogP) is 10.7. The fraction of sp³-hybridized carbons (Fsp3) is 0.938. The van der Waals surface area contributed by atoms with Gasteiger partial charge in [-0.05, 0) is 105 Å². The highest BCUT2D eigenvalue weighted by molar-refractivity contribution is 7.98. The summed E-state index contributed by atoms with van der Waals surface area (Å²) in [5.74, 6) is 4.86. The molecule has 3 fully saturated rings. The minimum absolute atomic E-state index is 0. The minimum atomic E-state index is 0. The summed E-state index contributed by atoms with van der Waals surface area (Å²) in [6.07, 6.45) is 20.3. The van der Waals surface area contributed by atoms with Gasteiger partial charge in [-0.25, -0.2) is 0 Å². The highest BCUT2D eigenvalue weighted by Gasteiger charge is 2.58. The quantitative estimate of drug-likeness (QED) is 0.215. The van der Waals surface area contributed by atoms with E-state index >= 15 is 0 Å². The van der Waals surface area contributed by atoms with E-state index in [4.69, 9.17) is 0 Å². The van der Waals surface area contributed by atoms with Crippen molar-refractivity contribution in [1.82, 2.24) is 4.72 Å². The second-order valence-corrected chi connectivity index (χ2v) is 13.3. The number of allylic oxidation sites excluding steroid dienone is 2. The van der Waals surface area contributed by atoms with Gasteiger partial charge in [0.2, 0.25) is 0 Å². The van der Waals surface area contributed by atoms with Gasteiger partial charge in [-0.2, -0.15) is 0 Å². The fourth-order valence-corrected chi connectivity index (χ4v) is 9.25. The van der Waals surface area contributed by atoms with Crippen LogP contribution in [-0.4, -0.2) is 12.3 Å². The van der Waals surface area contributed by atoms with Crippen LogP contribution in [0.3, 0.4) is 0 Å². The van der Waals surface area contributed by atoms with Crippen molar-refractivity contribution in [3.05, 3.63) is 11.6 Å². The lowest BCUT2D eigenvalue weighted by Crippen LogP contribution is -2.50. The summed E-state index contributed by atoms with van der Waals surface area (Å²) >= 11 is 1.97. The van der Waals surface area contributed by atoms with Gasteiger partial charge in [-0.15, -0.1) is 0 Å². The van der Waals surface area contributed by atoms with Crippen molar-refractivity contribution >= 4 is 11.9 Å². The number of fused-ring (bicyclic) bond motifs is 5. The van der Waals surface area contributed by atoms with Crippen molar-refractivity contribution in [2.24, 2.45) is 40.4 Å². The van der Waals surface area contributed by atoms with E-state index in [9.17, 15) is 0 Å². The Labute approximate surface area is 220 Å². The number of hydrogen-bond acceptors (Lipinski definition) is 2. The van der Waals surface area contributed by atoms with Gasteiger partial charge in [-0.1, -0.05) is 106 Å². The first-order chi connectivity index (χ1) is 15.9. The zero-order valence-corrected chi connectivity index (χ0v) is 24.8. The van der Waals surface area contributed by atoms with Gasteiger partial charge in [0, 0.05) is 5.25 Å². The number of unbranched alkanes of at least 4 members (excludes halogenated alkanes) is 1. The first kappa shape index (κ1) is 32.1. The van der Waals surface area contributed by atoms with Gasteiger partial charge in [0.25, 0.3) is 0 Å². The molecule has 2 heteroatoms. The lowest BCUT2D eigenvalue weighted by molar-refractivity contribution is -0.0422. The van der Waals surface area contributed by atoms with E-state index in [1.165, 1.54) is 77.0 Å². The van der Waals surface area contributed by atoms with E-state index in [-0.39, 0.29) is 7.43 Å². The molecule has 0 heterocycles. The summed E-state index contributed by atoms with van der Waals surface area (Å²) in [5.41, 5.74) is 3.01. The third-order valence-corrected chi connectivity index (χ3v) is 11.1. The van der Waals surface area contributed by atoms with Crippen LogP contribution in [0.2, 0.25) is 0 Å². The maximum Gasteiger partial charge on any atom is 0.0230 e. The van der Waals surface area contributed by atoms with Crippen LogP contribution in [0.5, 0.6) is 0 Å². The van der Waals surface area contributed by atoms with E-state index in [1.807, 2.05) is 45.2 Å². The molecule has 1 N–H and O–H groups in total. The van der Waals surface area contributed by atoms with Crippen molar-refractivity contribution in [2.45, 2.75) is 145 Å². The fourth-order valence-electron chi connectivity index (χ4n) is 8.42. The third-order valence-electron chi connectivity index (χ3n) is 10.1. The van der Waals surface area contributed by atoms with E-state index in [2.05, 4.69) is 45.5 Å². The highest BCUT2D eigenvalue weighted by Crippen LogP contribution is 2.67. The zero-order chi connectivity index (χ0) is 24.6. The standard InChI is InChI=1S/C27H47NS.2C2H6.CH4/c1-19(2)8-6-7-9-20-11-13-24-23-12-10-21-18-22(29-28-5)14-16-27(21,4)25(23)15-17-26(20,24)3;2*1-2;/h10,19-20,22-25,28H,6-9,11-18H2,1-5H3;2*1-2H3;1H4. The Kier molecular flexibility index (Phi) is 13.9. The molecular weight excluding hydrogens is 430 g/mol. The molecule has 1 nitrogen and oxygen atoms in total. The smallest absolute Gasteiger partial charge is 0.0230 e. The van der Waals surface area contributed by atoms with Crippen molar-refractivity contribution < 1.29 is 0 Å². The molecule has 0 aliphatic heterocycles. The molecule has 0 bridgehead atoms. The van der Waals surface area contributed by atoms with Crippen LogP contribution < -0.4 is 4.72 Å². The molecule has 0 spiro atoms. The Bertz CT molecular complexity index is 598. The summed E-state index contributed by atoms with van der Waals surface area (Å²) in [5, 5.41) is 0.798. The SMILES string of the molecule is C.CC.CC.CNSC1CCC2(C)C(=CCC3C2CCC2(C)C(CCCCC(C)C)CCC32)C1. The molecule has 202 valence electrons. The van der Waals surface area contributed by atoms with Crippen molar-refractivity contribution in [1.29, 1.82) is 0 Å². The molecule has 0 aromatic heterocycles. The summed E-state index contributed by atoms with van der Waals surface area (Å²) in [4.78, 5) is 0. The van der Waals surface area contributed by atoms with Gasteiger partial charge in [0.05, 0.1) is 0 Å². The number of hydrogen-bond donors (Lipinski definition) is 1. The van der Waals surface area contributed by atoms with Crippen molar-refractivity contribution in [2.75, 3.05) is 7.05 Å². The van der Waals surface area contributed by atoms with Crippen LogP contribution in [-0.2, 0) is 0 Å². The molecule has 0 amide bonds. The molecule has 4 aliphatic carbocycles. The van der Waals surface area contributed by atoms with Crippen LogP contribution >= 0.6 is 11.9 Å². The molecule has 0 aromatic rings. The van der Waals surface area contributed by atoms with Crippen LogP contribution in [0.1, 0.15) is 140 Å². The van der Waals surface area contributed by atoms with Crippen LogP contribution in [0.25, 0.3) is 0 Å². The Morgan fingerprint density at radius 2 is 1.68 bits per heavy atom. The summed E-state index contributed by atoms with van der Waals surface area (Å²) in [7, 11) is 2.09. The zero-order valence-electron chi connectivity index (χ0n) is 23.9. The minimum Gasteiger partial charge on any atom is -0.267 e. The Hall–Kier alpha value is 0.0500. The highest BCUT2D eigenvalue weighted by atomic mass is 32.2. The average Bonchev–Trinajstić information content (AvgIpc) is 3.16. The molecule has 34 heavy (non-hydrogen) atoms. The first-order valence-electron chi connectivity index (χ1n) is 14.9. The second-order valence-electron chi connectivity index (χ2n) is 11.9. The molecule has 4 aliphatic rings. The maximum absolute atomic E-state index is 3.36. The number of rotatable bonds is 7. The van der Waals surface area contributed by atoms with Gasteiger partial charge in [-0.3, -0.25) is 4.72 Å². The molecule has 0 saturated heterocycles. The largest absolute Gasteiger partial charge is 0.267 e. The monoisotopic (exact) mass is 493 g/mol. The van der Waals surface area contributed by atoms with Crippen LogP contribution in [0.15, 0.2) is 11.6 Å². The van der Waals surface area contributed by atoms with Crippen molar-refractivity contribution in [3.63, 3.8) is 0 Å². The normalized spacial score (nSPS) is 38.1. The summed E-state index contributed by atoms with van der Waals surface area (Å²) < 4.78 is 3.36. The Morgan fingerprint density at radius 1 is 0.971 bits per heavy atom. The molecule has 4 rings (SSSR count). The summed E-state index contributed by atoms with van der Waals surface area (Å²) in [6, 6.07) is 0. The van der Waals surface area contributed by atoms with E-state index in [0.29, 0.717) is 10.8 Å². The van der Waals surface area contributed by atoms with E-state index in [0.717, 1.165) is 34.8 Å². The second kappa shape index (κ2) is 14.7. The van der Waals surface area contributed by atoms with Gasteiger partial charge < -0.3 is 0 Å². The molecular formula is C32H63NS. The Balaban J connectivity index is 0.00000110. The van der Waals surface area contributed by atoms with Crippen LogP contribution in [0.4, 0.5) is 0 Å². The molecule has 3 saturated carbocycles. The van der Waals surface area contributed by atoms with Gasteiger partial charge >= 0.3 is 0 Å². The van der Waals surface area contributed by atoms with E-state index in [1.54, 1.807) is 0 Å². The topological polar surface area (TPSA) is 12.0 Å². The number of nitrogens with one attached hydrogen (secondary N) is 1. The van der Waals surface area contributed by atoms with E-state index < -0.39 is 0 Å².